The van der Waals surface area contributed by atoms with Crippen LogP contribution in [0.15, 0.2) is 0 Å². The predicted octanol–water partition coefficient (Wildman–Crippen LogP) is 13.9. The molecule has 1 aliphatic rings. The SMILES string of the molecule is CCCCCCCCC(CCCCCC)COC(=O)CCCCCN(CCCCCC(=O)OCC(CCCCCC)CCCCCCCC)CCN(C(=O)CCO)C1CCC1. The molecule has 1 N–H and O–H groups in total. The summed E-state index contributed by atoms with van der Waals surface area (Å²) in [5, 5.41) is 9.48. The lowest BCUT2D eigenvalue weighted by atomic mass is 9.91. The standard InChI is InChI=1S/C53H102N2O6/c1-5-9-13-17-19-25-34-48(32-23-15-11-7-3)46-60-52(58)38-27-21-29-41-54(43-44-55(50-36-31-37-50)51(57)40-45-56)42-30-22-28-39-53(59)61-47-49(33-24-16-12-8-4)35-26-20-18-14-10-6-2/h48-50,56H,5-47H2,1-4H3. The molecule has 0 saturated heterocycles. The van der Waals surface area contributed by atoms with Crippen molar-refractivity contribution in [3.8, 4) is 0 Å². The first-order valence-corrected chi connectivity index (χ1v) is 26.8. The van der Waals surface area contributed by atoms with Gasteiger partial charge in [0.05, 0.1) is 19.8 Å². The molecule has 0 aromatic heterocycles. The number of unbranched alkanes of at least 4 members (excludes halogenated alkanes) is 20. The Bertz CT molecular complexity index is 947. The van der Waals surface area contributed by atoms with Crippen LogP contribution in [0.25, 0.3) is 0 Å². The van der Waals surface area contributed by atoms with Crippen molar-refractivity contribution in [2.75, 3.05) is 46.0 Å². The summed E-state index contributed by atoms with van der Waals surface area (Å²) in [4.78, 5) is 43.0. The first kappa shape index (κ1) is 57.3. The van der Waals surface area contributed by atoms with Gasteiger partial charge >= 0.3 is 11.9 Å². The minimum atomic E-state index is -0.103. The number of aliphatic hydroxyl groups excluding tert-OH is 1. The maximum absolute atomic E-state index is 12.9. The Labute approximate surface area is 378 Å². The third kappa shape index (κ3) is 33.5. The Morgan fingerprint density at radius 3 is 1.23 bits per heavy atom. The van der Waals surface area contributed by atoms with E-state index >= 15 is 0 Å². The van der Waals surface area contributed by atoms with Gasteiger partial charge in [0.15, 0.2) is 0 Å². The summed E-state index contributed by atoms with van der Waals surface area (Å²) in [6.07, 6.45) is 40.5. The van der Waals surface area contributed by atoms with E-state index in [9.17, 15) is 19.5 Å². The van der Waals surface area contributed by atoms with E-state index in [1.807, 2.05) is 4.90 Å². The second-order valence-electron chi connectivity index (χ2n) is 19.0. The number of hydrogen-bond donors (Lipinski definition) is 1. The summed E-state index contributed by atoms with van der Waals surface area (Å²) in [7, 11) is 0. The zero-order chi connectivity index (χ0) is 44.4. The van der Waals surface area contributed by atoms with Gasteiger partial charge in [-0.1, -0.05) is 169 Å². The first-order chi connectivity index (χ1) is 29.9. The molecule has 1 aliphatic carbocycles. The van der Waals surface area contributed by atoms with Gasteiger partial charge in [0.1, 0.15) is 0 Å². The average Bonchev–Trinajstić information content (AvgIpc) is 3.23. The number of carbonyl (C=O) groups excluding carboxylic acids is 3. The number of aliphatic hydroxyl groups is 1. The monoisotopic (exact) mass is 863 g/mol. The Hall–Kier alpha value is -1.67. The van der Waals surface area contributed by atoms with Crippen LogP contribution in [0.2, 0.25) is 0 Å². The fraction of sp³-hybridized carbons (Fsp3) is 0.943. The lowest BCUT2D eigenvalue weighted by molar-refractivity contribution is -0.146. The molecule has 1 saturated carbocycles. The number of nitrogens with zero attached hydrogens (tertiary/aromatic N) is 2. The van der Waals surface area contributed by atoms with Crippen molar-refractivity contribution in [2.45, 2.75) is 265 Å². The maximum Gasteiger partial charge on any atom is 0.305 e. The average molecular weight is 863 g/mol. The van der Waals surface area contributed by atoms with E-state index in [-0.39, 0.29) is 30.9 Å². The van der Waals surface area contributed by atoms with E-state index in [1.54, 1.807) is 0 Å². The van der Waals surface area contributed by atoms with Crippen molar-refractivity contribution in [1.82, 2.24) is 9.80 Å². The fourth-order valence-electron chi connectivity index (χ4n) is 8.93. The fourth-order valence-corrected chi connectivity index (χ4v) is 8.93. The Kier molecular flexibility index (Phi) is 39.8. The van der Waals surface area contributed by atoms with Crippen LogP contribution in [0.5, 0.6) is 0 Å². The van der Waals surface area contributed by atoms with Gasteiger partial charge in [0.2, 0.25) is 5.91 Å². The smallest absolute Gasteiger partial charge is 0.305 e. The summed E-state index contributed by atoms with van der Waals surface area (Å²) >= 11 is 0. The molecule has 1 amide bonds. The van der Waals surface area contributed by atoms with Crippen LogP contribution >= 0.6 is 0 Å². The number of hydrogen-bond acceptors (Lipinski definition) is 7. The van der Waals surface area contributed by atoms with Crippen molar-refractivity contribution in [3.63, 3.8) is 0 Å². The molecular formula is C53H102N2O6. The van der Waals surface area contributed by atoms with Crippen molar-refractivity contribution in [2.24, 2.45) is 11.8 Å². The van der Waals surface area contributed by atoms with Crippen LogP contribution in [0.4, 0.5) is 0 Å². The molecular weight excluding hydrogens is 761 g/mol. The van der Waals surface area contributed by atoms with E-state index in [4.69, 9.17) is 9.47 Å². The number of ether oxygens (including phenoxy) is 2. The van der Waals surface area contributed by atoms with E-state index in [2.05, 4.69) is 32.6 Å². The zero-order valence-electron chi connectivity index (χ0n) is 41.0. The molecule has 2 unspecified atom stereocenters. The Morgan fingerprint density at radius 1 is 0.475 bits per heavy atom. The second-order valence-corrected chi connectivity index (χ2v) is 19.0. The lowest BCUT2D eigenvalue weighted by Gasteiger charge is -2.39. The minimum Gasteiger partial charge on any atom is -0.465 e. The molecule has 0 radical (unpaired) electrons. The zero-order valence-corrected chi connectivity index (χ0v) is 41.0. The number of carbonyl (C=O) groups is 3. The number of esters is 2. The van der Waals surface area contributed by atoms with Gasteiger partial charge in [-0.15, -0.1) is 0 Å². The third-order valence-corrected chi connectivity index (χ3v) is 13.4. The van der Waals surface area contributed by atoms with Gasteiger partial charge in [-0.3, -0.25) is 14.4 Å². The van der Waals surface area contributed by atoms with Gasteiger partial charge in [-0.05, 0) is 95.6 Å². The third-order valence-electron chi connectivity index (χ3n) is 13.4. The predicted molar refractivity (Wildman–Crippen MR) is 257 cm³/mol. The molecule has 0 aromatic rings. The molecule has 0 heterocycles. The summed E-state index contributed by atoms with van der Waals surface area (Å²) in [6, 6.07) is 0.307. The second kappa shape index (κ2) is 42.3. The van der Waals surface area contributed by atoms with Gasteiger partial charge in [-0.2, -0.15) is 0 Å². The molecule has 8 nitrogen and oxygen atoms in total. The van der Waals surface area contributed by atoms with Crippen LogP contribution in [-0.4, -0.2) is 84.8 Å². The van der Waals surface area contributed by atoms with Crippen LogP contribution in [0.1, 0.15) is 259 Å². The van der Waals surface area contributed by atoms with Crippen LogP contribution in [-0.2, 0) is 23.9 Å². The van der Waals surface area contributed by atoms with Crippen LogP contribution in [0, 0.1) is 11.8 Å². The summed E-state index contributed by atoms with van der Waals surface area (Å²) in [5.74, 6) is 0.959. The van der Waals surface area contributed by atoms with Crippen molar-refractivity contribution < 1.29 is 29.0 Å². The van der Waals surface area contributed by atoms with Crippen molar-refractivity contribution in [3.05, 3.63) is 0 Å². The Morgan fingerprint density at radius 2 is 0.852 bits per heavy atom. The number of amides is 1. The highest BCUT2D eigenvalue weighted by Gasteiger charge is 2.28. The van der Waals surface area contributed by atoms with Gasteiger partial charge in [0, 0.05) is 38.4 Å². The summed E-state index contributed by atoms with van der Waals surface area (Å²) < 4.78 is 11.7. The van der Waals surface area contributed by atoms with Crippen LogP contribution in [0.3, 0.4) is 0 Å². The topological polar surface area (TPSA) is 96.4 Å². The molecule has 360 valence electrons. The highest BCUT2D eigenvalue weighted by molar-refractivity contribution is 5.76. The molecule has 0 aromatic carbocycles. The molecule has 0 aliphatic heterocycles. The first-order valence-electron chi connectivity index (χ1n) is 26.8. The lowest BCUT2D eigenvalue weighted by Crippen LogP contribution is -2.48. The normalized spacial score (nSPS) is 13.9. The molecule has 1 fully saturated rings. The van der Waals surface area contributed by atoms with Crippen LogP contribution < -0.4 is 0 Å². The van der Waals surface area contributed by atoms with Gasteiger partial charge < -0.3 is 24.4 Å². The Balaban J connectivity index is 2.56. The van der Waals surface area contributed by atoms with E-state index in [1.165, 1.54) is 161 Å². The molecule has 0 bridgehead atoms. The van der Waals surface area contributed by atoms with E-state index in [0.717, 1.165) is 71.0 Å². The van der Waals surface area contributed by atoms with Crippen molar-refractivity contribution in [1.29, 1.82) is 0 Å². The van der Waals surface area contributed by atoms with E-state index in [0.29, 0.717) is 50.5 Å². The molecule has 61 heavy (non-hydrogen) atoms. The summed E-state index contributed by atoms with van der Waals surface area (Å²) in [5.41, 5.74) is 0. The molecule has 8 heteroatoms. The van der Waals surface area contributed by atoms with E-state index < -0.39 is 0 Å². The highest BCUT2D eigenvalue weighted by Crippen LogP contribution is 2.26. The maximum atomic E-state index is 12.9. The summed E-state index contributed by atoms with van der Waals surface area (Å²) in [6.45, 7) is 13.5. The van der Waals surface area contributed by atoms with Gasteiger partial charge in [0.25, 0.3) is 0 Å². The molecule has 2 atom stereocenters. The van der Waals surface area contributed by atoms with Gasteiger partial charge in [-0.25, -0.2) is 0 Å². The largest absolute Gasteiger partial charge is 0.465 e. The highest BCUT2D eigenvalue weighted by atomic mass is 16.5. The number of rotatable bonds is 46. The minimum absolute atomic E-state index is 0.0456. The molecule has 1 rings (SSSR count). The quantitative estimate of drug-likeness (QED) is 0.0481. The van der Waals surface area contributed by atoms with Crippen molar-refractivity contribution >= 4 is 17.8 Å². The molecule has 0 spiro atoms.